The SMILES string of the molecule is CCCCCCCCCCCCCCCCCC[n+]1ccc(-c2c3nc(c(-c4cc[n+](CCCCCCCCCCCCCCCCCC)cc4)c4ccc([nH]4)c(-c4cc[n+](CCCCCCCCCCCCCCCCCC)cc4)c4ccc([nH]4)c(-c4cc[n+](CCCCCCCCCCCCCCCCCC)cc4)c4nc2C=C4)C=C3)cc1. The van der Waals surface area contributed by atoms with E-state index in [2.05, 4.69) is 203 Å². The first-order valence-corrected chi connectivity index (χ1v) is 51.7. The van der Waals surface area contributed by atoms with Crippen LogP contribution in [0.5, 0.6) is 0 Å². The first-order valence-electron chi connectivity index (χ1n) is 51.7. The fourth-order valence-electron chi connectivity index (χ4n) is 18.9. The monoisotopic (exact) mass is 1630 g/mol. The molecule has 0 atom stereocenters. The summed E-state index contributed by atoms with van der Waals surface area (Å²) >= 11 is 0. The Hall–Kier alpha value is -6.80. The van der Waals surface area contributed by atoms with Gasteiger partial charge in [-0.1, -0.05) is 387 Å². The number of nitrogens with one attached hydrogen (secondary N) is 2. The number of rotatable bonds is 72. The van der Waals surface area contributed by atoms with Gasteiger partial charge < -0.3 is 9.97 Å². The molecule has 2 N–H and O–H groups in total. The maximum absolute atomic E-state index is 5.77. The van der Waals surface area contributed by atoms with Gasteiger partial charge in [-0.2, -0.15) is 0 Å². The highest BCUT2D eigenvalue weighted by molar-refractivity contribution is 6.00. The smallest absolute Gasteiger partial charge is 0.169 e. The van der Waals surface area contributed by atoms with E-state index in [0.29, 0.717) is 0 Å². The molecular formula is C112H174N8+4. The first kappa shape index (κ1) is 97.0. The molecule has 7 aromatic rings. The quantitative estimate of drug-likeness (QED) is 0.0294. The van der Waals surface area contributed by atoms with E-state index < -0.39 is 0 Å². The van der Waals surface area contributed by atoms with Crippen molar-refractivity contribution in [2.75, 3.05) is 0 Å². The molecule has 8 heteroatoms. The number of fused-ring (bicyclic) bond motifs is 8. The number of hydrogen-bond acceptors (Lipinski definition) is 2. The Morgan fingerprint density at radius 2 is 0.325 bits per heavy atom. The van der Waals surface area contributed by atoms with Crippen LogP contribution in [-0.4, -0.2) is 19.9 Å². The van der Waals surface area contributed by atoms with Crippen LogP contribution in [0.1, 0.15) is 461 Å². The van der Waals surface area contributed by atoms with Crippen molar-refractivity contribution in [3.63, 3.8) is 0 Å². The van der Waals surface area contributed by atoms with Crippen LogP contribution in [0.3, 0.4) is 0 Å². The molecule has 0 aromatic carbocycles. The average molecular weight is 1630 g/mol. The second-order valence-corrected chi connectivity index (χ2v) is 37.0. The lowest BCUT2D eigenvalue weighted by Gasteiger charge is -2.07. The van der Waals surface area contributed by atoms with Crippen molar-refractivity contribution in [1.82, 2.24) is 19.9 Å². The summed E-state index contributed by atoms with van der Waals surface area (Å²) in [5.74, 6) is 0. The van der Waals surface area contributed by atoms with Crippen LogP contribution in [0, 0.1) is 0 Å². The molecule has 0 radical (unpaired) electrons. The maximum Gasteiger partial charge on any atom is 0.169 e. The van der Waals surface area contributed by atoms with Gasteiger partial charge in [0.05, 0.1) is 22.8 Å². The molecular weight excluding hydrogens is 1460 g/mol. The molecule has 2 aliphatic heterocycles. The van der Waals surface area contributed by atoms with Gasteiger partial charge in [0.15, 0.2) is 49.6 Å². The van der Waals surface area contributed by atoms with Crippen LogP contribution in [-0.2, 0) is 26.2 Å². The number of nitrogens with zero attached hydrogens (tertiary/aromatic N) is 6. The Morgan fingerprint density at radius 1 is 0.175 bits per heavy atom. The van der Waals surface area contributed by atoms with Crippen LogP contribution >= 0.6 is 0 Å². The number of unbranched alkanes of at least 4 members (excludes halogenated alkanes) is 60. The normalized spacial score (nSPS) is 12.0. The van der Waals surface area contributed by atoms with E-state index in [1.807, 2.05) is 0 Å². The molecule has 0 unspecified atom stereocenters. The van der Waals surface area contributed by atoms with E-state index >= 15 is 0 Å². The van der Waals surface area contributed by atoms with E-state index in [1.54, 1.807) is 0 Å². The van der Waals surface area contributed by atoms with Crippen molar-refractivity contribution in [1.29, 1.82) is 0 Å². The van der Waals surface area contributed by atoms with E-state index in [1.165, 1.54) is 416 Å². The number of aryl methyl sites for hydroxylation is 4. The lowest BCUT2D eigenvalue weighted by molar-refractivity contribution is -0.697. The summed E-state index contributed by atoms with van der Waals surface area (Å²) in [5, 5.41) is 0. The van der Waals surface area contributed by atoms with Gasteiger partial charge >= 0.3 is 0 Å². The van der Waals surface area contributed by atoms with Crippen molar-refractivity contribution in [2.24, 2.45) is 0 Å². The molecule has 0 amide bonds. The van der Waals surface area contributed by atoms with Gasteiger partial charge in [-0.25, -0.2) is 28.2 Å². The summed E-state index contributed by atoms with van der Waals surface area (Å²) in [6.45, 7) is 13.4. The zero-order valence-electron chi connectivity index (χ0n) is 77.6. The van der Waals surface area contributed by atoms with Gasteiger partial charge in [0, 0.05) is 119 Å². The fourth-order valence-corrected chi connectivity index (χ4v) is 18.9. The molecule has 7 aromatic heterocycles. The van der Waals surface area contributed by atoms with Crippen LogP contribution in [0.2, 0.25) is 0 Å². The predicted molar refractivity (Wildman–Crippen MR) is 520 cm³/mol. The zero-order valence-corrected chi connectivity index (χ0v) is 77.6. The standard InChI is InChI=1S/C112H173N8/c1-5-9-13-17-21-25-29-33-37-41-45-49-53-57-61-65-85-117-89-77-97(78-90-117)109-101-69-71-103(113-101)110(98-79-91-118(92-80-98)86-66-62-58-54-50-46-42-38-34-30-26-22-18-14-10-6-2)105-73-75-107(115-105)112(100-83-95-120(96-84-100)88-68-64-60-56-52-48-44-40-36-32-28-24-20-16-12-8-4)108-76-74-106(116-108)111(104-72-70-102(109)114-104)99-81-93-119(94-82-99)87-67-63-59-55-51-47-43-39-35-31-27-23-19-15-11-7-3/h69-84,89-96H,5-68,85-88H2,1-4H3,(H,113,114,115,116)/q+3/p+1. The third-order valence-corrected chi connectivity index (χ3v) is 26.6. The third-order valence-electron chi connectivity index (χ3n) is 26.6. The molecule has 8 nitrogen and oxygen atoms in total. The minimum atomic E-state index is 0.930. The molecule has 8 bridgehead atoms. The molecule has 9 heterocycles. The van der Waals surface area contributed by atoms with Gasteiger partial charge in [-0.15, -0.1) is 0 Å². The predicted octanol–water partition coefficient (Wildman–Crippen LogP) is 33.5. The maximum atomic E-state index is 5.77. The number of aromatic amines is 2. The molecule has 120 heavy (non-hydrogen) atoms. The van der Waals surface area contributed by atoms with Crippen LogP contribution < -0.4 is 18.3 Å². The van der Waals surface area contributed by atoms with Gasteiger partial charge in [0.2, 0.25) is 0 Å². The van der Waals surface area contributed by atoms with E-state index in [0.717, 1.165) is 110 Å². The second-order valence-electron chi connectivity index (χ2n) is 37.0. The summed E-state index contributed by atoms with van der Waals surface area (Å²) < 4.78 is 9.60. The highest BCUT2D eigenvalue weighted by Gasteiger charge is 2.22. The summed E-state index contributed by atoms with van der Waals surface area (Å²) in [7, 11) is 0. The zero-order chi connectivity index (χ0) is 83.4. The summed E-state index contributed by atoms with van der Waals surface area (Å²) in [5.41, 5.74) is 16.9. The number of aromatic nitrogens is 8. The average Bonchev–Trinajstić information content (AvgIpc) is 1.62. The third kappa shape index (κ3) is 37.7. The Bertz CT molecular complexity index is 3820. The van der Waals surface area contributed by atoms with Crippen LogP contribution in [0.15, 0.2) is 122 Å². The van der Waals surface area contributed by atoms with Gasteiger partial charge in [0.1, 0.15) is 26.2 Å². The molecule has 9 rings (SSSR count). The fraction of sp³-hybridized carbons (Fsp3) is 0.643. The molecule has 2 aliphatic rings. The van der Waals surface area contributed by atoms with E-state index in [-0.39, 0.29) is 0 Å². The van der Waals surface area contributed by atoms with Crippen molar-refractivity contribution >= 4 is 46.4 Å². The summed E-state index contributed by atoms with van der Waals surface area (Å²) in [6, 6.07) is 27.9. The highest BCUT2D eigenvalue weighted by Crippen LogP contribution is 2.39. The molecule has 658 valence electrons. The van der Waals surface area contributed by atoms with Crippen LogP contribution in [0.4, 0.5) is 0 Å². The number of H-pyrrole nitrogens is 2. The number of hydrogen-bond donors (Lipinski definition) is 2. The van der Waals surface area contributed by atoms with Crippen molar-refractivity contribution < 1.29 is 18.3 Å². The minimum absolute atomic E-state index is 0.930. The molecule has 0 spiro atoms. The Kier molecular flexibility index (Phi) is 50.4. The molecule has 0 fully saturated rings. The van der Waals surface area contributed by atoms with Gasteiger partial charge in [-0.3, -0.25) is 0 Å². The lowest BCUT2D eigenvalue weighted by atomic mass is 10.0. The van der Waals surface area contributed by atoms with Gasteiger partial charge in [0.25, 0.3) is 0 Å². The Balaban J connectivity index is 0.946. The lowest BCUT2D eigenvalue weighted by Crippen LogP contribution is -2.32. The Labute approximate surface area is 734 Å². The summed E-state index contributed by atoms with van der Waals surface area (Å²) in [6.07, 6.45) is 116. The van der Waals surface area contributed by atoms with Crippen molar-refractivity contribution in [2.45, 2.75) is 465 Å². The molecule has 0 saturated carbocycles. The van der Waals surface area contributed by atoms with E-state index in [9.17, 15) is 0 Å². The highest BCUT2D eigenvalue weighted by atomic mass is 14.9. The Morgan fingerprint density at radius 3 is 0.517 bits per heavy atom. The minimum Gasteiger partial charge on any atom is -0.354 e. The summed E-state index contributed by atoms with van der Waals surface area (Å²) in [4.78, 5) is 19.8. The first-order chi connectivity index (χ1) is 59.5. The topological polar surface area (TPSA) is 72.9 Å². The second kappa shape index (κ2) is 62.3. The largest absolute Gasteiger partial charge is 0.354 e. The van der Waals surface area contributed by atoms with Crippen LogP contribution in [0.25, 0.3) is 90.9 Å². The molecule has 0 saturated heterocycles. The molecule has 0 aliphatic carbocycles. The van der Waals surface area contributed by atoms with E-state index in [4.69, 9.17) is 9.97 Å². The number of pyridine rings is 4. The van der Waals surface area contributed by atoms with Crippen molar-refractivity contribution in [3.8, 4) is 44.5 Å². The van der Waals surface area contributed by atoms with Gasteiger partial charge in [-0.05, 0) is 96.5 Å². The van der Waals surface area contributed by atoms with Crippen molar-refractivity contribution in [3.05, 3.63) is 145 Å².